The molecule has 0 amide bonds. The molecule has 0 aromatic heterocycles. The van der Waals surface area contributed by atoms with Gasteiger partial charge in [0, 0.05) is 0 Å². The van der Waals surface area contributed by atoms with Gasteiger partial charge in [-0.15, -0.1) is 13.2 Å². The summed E-state index contributed by atoms with van der Waals surface area (Å²) < 4.78 is 40.1. The van der Waals surface area contributed by atoms with Crippen LogP contribution in [0.4, 0.5) is 13.2 Å². The highest BCUT2D eigenvalue weighted by molar-refractivity contribution is 5.32. The summed E-state index contributed by atoms with van der Waals surface area (Å²) in [5.74, 6) is 0.387. The summed E-state index contributed by atoms with van der Waals surface area (Å²) in [5.41, 5.74) is 0.0782. The molecule has 0 heterocycles. The topological polar surface area (TPSA) is 41.5 Å². The molecule has 3 nitrogen and oxygen atoms in total. The molecule has 2 rings (SSSR count). The zero-order valence-electron chi connectivity index (χ0n) is 11.2. The second-order valence-corrected chi connectivity index (χ2v) is 5.39. The van der Waals surface area contributed by atoms with Gasteiger partial charge in [-0.25, -0.2) is 0 Å². The third kappa shape index (κ3) is 4.11. The van der Waals surface area contributed by atoms with E-state index in [0.29, 0.717) is 5.92 Å². The van der Waals surface area contributed by atoms with Crippen LogP contribution in [0.2, 0.25) is 0 Å². The van der Waals surface area contributed by atoms with Gasteiger partial charge in [-0.1, -0.05) is 12.1 Å². The molecule has 1 aromatic rings. The molecule has 1 aliphatic carbocycles. The van der Waals surface area contributed by atoms with Gasteiger partial charge in [0.1, 0.15) is 5.75 Å². The highest BCUT2D eigenvalue weighted by Gasteiger charge is 2.32. The quantitative estimate of drug-likeness (QED) is 0.846. The van der Waals surface area contributed by atoms with Crippen molar-refractivity contribution in [2.45, 2.75) is 31.7 Å². The number of halogens is 3. The second kappa shape index (κ2) is 5.61. The van der Waals surface area contributed by atoms with Gasteiger partial charge in [-0.3, -0.25) is 0 Å². The van der Waals surface area contributed by atoms with Crippen molar-refractivity contribution in [3.8, 4) is 5.75 Å². The van der Waals surface area contributed by atoms with E-state index in [0.717, 1.165) is 12.1 Å². The van der Waals surface area contributed by atoms with Crippen molar-refractivity contribution in [3.63, 3.8) is 0 Å². The fourth-order valence-electron chi connectivity index (χ4n) is 1.97. The number of aliphatic hydroxyl groups excluding tert-OH is 1. The first kappa shape index (κ1) is 15.1. The molecule has 6 heteroatoms. The minimum Gasteiger partial charge on any atom is -0.406 e. The molecule has 0 saturated heterocycles. The predicted octanol–water partition coefficient (Wildman–Crippen LogP) is 2.79. The van der Waals surface area contributed by atoms with Crippen LogP contribution < -0.4 is 10.1 Å². The van der Waals surface area contributed by atoms with E-state index in [1.807, 2.05) is 6.92 Å². The minimum absolute atomic E-state index is 0.126. The average Bonchev–Trinajstić information content (AvgIpc) is 3.19. The smallest absolute Gasteiger partial charge is 0.406 e. The van der Waals surface area contributed by atoms with Gasteiger partial charge in [0.2, 0.25) is 0 Å². The van der Waals surface area contributed by atoms with E-state index in [1.165, 1.54) is 37.1 Å². The molecule has 1 aromatic carbocycles. The Morgan fingerprint density at radius 2 is 1.85 bits per heavy atom. The van der Waals surface area contributed by atoms with Gasteiger partial charge >= 0.3 is 6.36 Å². The molecular weight excluding hydrogens is 271 g/mol. The Kier molecular flexibility index (Phi) is 4.25. The Labute approximate surface area is 115 Å². The molecule has 20 heavy (non-hydrogen) atoms. The summed E-state index contributed by atoms with van der Waals surface area (Å²) in [6, 6.07) is 5.60. The fourth-order valence-corrected chi connectivity index (χ4v) is 1.97. The summed E-state index contributed by atoms with van der Waals surface area (Å²) in [6.07, 6.45) is -2.31. The van der Waals surface area contributed by atoms with E-state index in [-0.39, 0.29) is 12.4 Å². The van der Waals surface area contributed by atoms with E-state index >= 15 is 0 Å². The van der Waals surface area contributed by atoms with Crippen LogP contribution in [0.25, 0.3) is 0 Å². The molecular formula is C14H18F3NO2. The number of rotatable bonds is 6. The lowest BCUT2D eigenvalue weighted by molar-refractivity contribution is -0.274. The van der Waals surface area contributed by atoms with Crippen LogP contribution in [0.1, 0.15) is 25.3 Å². The maximum Gasteiger partial charge on any atom is 0.573 e. The van der Waals surface area contributed by atoms with Crippen molar-refractivity contribution in [2.24, 2.45) is 5.92 Å². The first-order chi connectivity index (χ1) is 9.32. The molecule has 112 valence electrons. The maximum absolute atomic E-state index is 12.1. The van der Waals surface area contributed by atoms with Crippen molar-refractivity contribution < 1.29 is 23.0 Å². The lowest BCUT2D eigenvalue weighted by Crippen LogP contribution is -2.43. The first-order valence-electron chi connectivity index (χ1n) is 6.54. The molecule has 0 radical (unpaired) electrons. The summed E-state index contributed by atoms with van der Waals surface area (Å²) in [5, 5.41) is 12.8. The Hall–Kier alpha value is -1.27. The SMILES string of the molecule is CC(CO)(NCC1CC1)c1ccc(OC(F)(F)F)cc1. The van der Waals surface area contributed by atoms with E-state index in [1.54, 1.807) is 0 Å². The average molecular weight is 289 g/mol. The monoisotopic (exact) mass is 289 g/mol. The van der Waals surface area contributed by atoms with E-state index in [2.05, 4.69) is 10.1 Å². The molecule has 2 N–H and O–H groups in total. The largest absolute Gasteiger partial charge is 0.573 e. The first-order valence-corrected chi connectivity index (χ1v) is 6.54. The van der Waals surface area contributed by atoms with Crippen LogP contribution in [0.3, 0.4) is 0 Å². The molecule has 1 atom stereocenters. The van der Waals surface area contributed by atoms with Crippen LogP contribution in [0.5, 0.6) is 5.75 Å². The number of benzene rings is 1. The van der Waals surface area contributed by atoms with Crippen LogP contribution >= 0.6 is 0 Å². The van der Waals surface area contributed by atoms with Gasteiger partial charge < -0.3 is 15.2 Å². The van der Waals surface area contributed by atoms with Crippen molar-refractivity contribution in [1.29, 1.82) is 0 Å². The highest BCUT2D eigenvalue weighted by atomic mass is 19.4. The number of hydrogen-bond donors (Lipinski definition) is 2. The van der Waals surface area contributed by atoms with Gasteiger partial charge in [0.15, 0.2) is 0 Å². The third-order valence-electron chi connectivity index (χ3n) is 3.52. The van der Waals surface area contributed by atoms with Gasteiger partial charge in [-0.2, -0.15) is 0 Å². The van der Waals surface area contributed by atoms with Crippen LogP contribution in [-0.4, -0.2) is 24.6 Å². The number of alkyl halides is 3. The number of ether oxygens (including phenoxy) is 1. The summed E-state index contributed by atoms with van der Waals surface area (Å²) in [7, 11) is 0. The Bertz CT molecular complexity index is 443. The lowest BCUT2D eigenvalue weighted by atomic mass is 9.92. The zero-order valence-corrected chi connectivity index (χ0v) is 11.2. The van der Waals surface area contributed by atoms with Gasteiger partial charge in [0.05, 0.1) is 12.1 Å². The van der Waals surface area contributed by atoms with Crippen LogP contribution in [0.15, 0.2) is 24.3 Å². The summed E-state index contributed by atoms with van der Waals surface area (Å²) in [4.78, 5) is 0. The van der Waals surface area contributed by atoms with Crippen molar-refractivity contribution >= 4 is 0 Å². The van der Waals surface area contributed by atoms with Crippen molar-refractivity contribution in [2.75, 3.05) is 13.2 Å². The predicted molar refractivity (Wildman–Crippen MR) is 68.3 cm³/mol. The number of aliphatic hydroxyl groups is 1. The van der Waals surface area contributed by atoms with Crippen LogP contribution in [0, 0.1) is 5.92 Å². The highest BCUT2D eigenvalue weighted by Crippen LogP contribution is 2.31. The molecule has 1 aliphatic rings. The lowest BCUT2D eigenvalue weighted by Gasteiger charge is -2.29. The Morgan fingerprint density at radius 3 is 2.30 bits per heavy atom. The summed E-state index contributed by atoms with van der Waals surface area (Å²) in [6.45, 7) is 2.51. The van der Waals surface area contributed by atoms with Crippen molar-refractivity contribution in [1.82, 2.24) is 5.32 Å². The third-order valence-corrected chi connectivity index (χ3v) is 3.52. The van der Waals surface area contributed by atoms with Gasteiger partial charge in [-0.05, 0) is 49.9 Å². The van der Waals surface area contributed by atoms with E-state index < -0.39 is 11.9 Å². The molecule has 0 bridgehead atoms. The molecule has 1 fully saturated rings. The van der Waals surface area contributed by atoms with E-state index in [9.17, 15) is 18.3 Å². The molecule has 1 unspecified atom stereocenters. The molecule has 0 aliphatic heterocycles. The molecule has 1 saturated carbocycles. The van der Waals surface area contributed by atoms with Crippen molar-refractivity contribution in [3.05, 3.63) is 29.8 Å². The number of nitrogens with one attached hydrogen (secondary N) is 1. The second-order valence-electron chi connectivity index (χ2n) is 5.39. The maximum atomic E-state index is 12.1. The van der Waals surface area contributed by atoms with Crippen LogP contribution in [-0.2, 0) is 5.54 Å². The minimum atomic E-state index is -4.69. The van der Waals surface area contributed by atoms with Gasteiger partial charge in [0.25, 0.3) is 0 Å². The number of hydrogen-bond acceptors (Lipinski definition) is 3. The standard InChI is InChI=1S/C14H18F3NO2/c1-13(9-19,18-8-10-2-3-10)11-4-6-12(7-5-11)20-14(15,16)17/h4-7,10,18-19H,2-3,8-9H2,1H3. The normalized spacial score (nSPS) is 18.6. The Morgan fingerprint density at radius 1 is 1.25 bits per heavy atom. The molecule has 0 spiro atoms. The fraction of sp³-hybridized carbons (Fsp3) is 0.571. The zero-order chi connectivity index (χ0) is 14.8. The van der Waals surface area contributed by atoms with E-state index in [4.69, 9.17) is 0 Å². The summed E-state index contributed by atoms with van der Waals surface area (Å²) >= 11 is 0. The Balaban J connectivity index is 2.05.